The van der Waals surface area contributed by atoms with E-state index in [0.29, 0.717) is 5.41 Å². The van der Waals surface area contributed by atoms with Crippen molar-refractivity contribution in [2.24, 2.45) is 0 Å². The van der Waals surface area contributed by atoms with Gasteiger partial charge in [-0.15, -0.1) is 0 Å². The summed E-state index contributed by atoms with van der Waals surface area (Å²) in [5.74, 6) is 0. The van der Waals surface area contributed by atoms with E-state index in [4.69, 9.17) is 0 Å². The summed E-state index contributed by atoms with van der Waals surface area (Å²) in [6.07, 6.45) is 5.68. The zero-order valence-electron chi connectivity index (χ0n) is 8.59. The van der Waals surface area contributed by atoms with Gasteiger partial charge in [0.15, 0.2) is 0 Å². The van der Waals surface area contributed by atoms with E-state index < -0.39 is 0 Å². The Morgan fingerprint density at radius 1 is 1.23 bits per heavy atom. The predicted molar refractivity (Wildman–Crippen MR) is 57.9 cm³/mol. The molecule has 1 aliphatic carbocycles. The Hall–Kier alpha value is -1.04. The van der Waals surface area contributed by atoms with Gasteiger partial charge in [-0.25, -0.2) is 0 Å². The molecule has 0 atom stereocenters. The van der Waals surface area contributed by atoms with Gasteiger partial charge in [-0.2, -0.15) is 0 Å². The van der Waals surface area contributed by atoms with Gasteiger partial charge in [0.1, 0.15) is 0 Å². The number of benzene rings is 1. The van der Waals surface area contributed by atoms with Gasteiger partial charge in [-0.1, -0.05) is 49.8 Å². The molecule has 1 aromatic carbocycles. The summed E-state index contributed by atoms with van der Waals surface area (Å²) in [6.45, 7) is 6.77. The van der Waals surface area contributed by atoms with Crippen molar-refractivity contribution in [1.82, 2.24) is 0 Å². The van der Waals surface area contributed by atoms with Crippen molar-refractivity contribution in [3.8, 4) is 0 Å². The summed E-state index contributed by atoms with van der Waals surface area (Å²) in [7, 11) is 0. The highest BCUT2D eigenvalue weighted by atomic mass is 14.3. The van der Waals surface area contributed by atoms with Crippen LogP contribution in [0.5, 0.6) is 0 Å². The first-order valence-corrected chi connectivity index (χ1v) is 4.87. The van der Waals surface area contributed by atoms with Gasteiger partial charge >= 0.3 is 0 Å². The van der Waals surface area contributed by atoms with E-state index in [-0.39, 0.29) is 0 Å². The molecule has 0 bridgehead atoms. The maximum Gasteiger partial charge on any atom is -0.00631 e. The third-order valence-electron chi connectivity index (χ3n) is 2.86. The highest BCUT2D eigenvalue weighted by Crippen LogP contribution is 2.35. The fourth-order valence-corrected chi connectivity index (χ4v) is 2.03. The Morgan fingerprint density at radius 3 is 2.77 bits per heavy atom. The van der Waals surface area contributed by atoms with Crippen LogP contribution in [0.2, 0.25) is 0 Å². The van der Waals surface area contributed by atoms with Crippen LogP contribution < -0.4 is 0 Å². The molecule has 0 amide bonds. The number of hydrogen-bond donors (Lipinski definition) is 0. The molecule has 0 heterocycles. The van der Waals surface area contributed by atoms with E-state index in [1.807, 2.05) is 0 Å². The Balaban J connectivity index is 2.61. The number of aryl methyl sites for hydroxylation is 1. The van der Waals surface area contributed by atoms with Crippen LogP contribution in [0, 0.1) is 6.92 Å². The van der Waals surface area contributed by atoms with Crippen molar-refractivity contribution in [2.75, 3.05) is 0 Å². The molecule has 13 heavy (non-hydrogen) atoms. The van der Waals surface area contributed by atoms with Crippen molar-refractivity contribution >= 4 is 6.08 Å². The molecule has 0 aromatic heterocycles. The van der Waals surface area contributed by atoms with Gasteiger partial charge in [-0.3, -0.25) is 0 Å². The molecule has 0 aliphatic heterocycles. The first-order valence-electron chi connectivity index (χ1n) is 4.87. The average molecular weight is 172 g/mol. The smallest absolute Gasteiger partial charge is 0.00631 e. The Bertz CT molecular complexity index is 356. The maximum absolute atomic E-state index is 2.31. The molecule has 2 rings (SSSR count). The van der Waals surface area contributed by atoms with Crippen LogP contribution in [-0.4, -0.2) is 0 Å². The molecule has 0 nitrogen and oxygen atoms in total. The Labute approximate surface area is 80.3 Å². The molecule has 0 spiro atoms. The van der Waals surface area contributed by atoms with Gasteiger partial charge in [-0.05, 0) is 29.9 Å². The molecule has 0 unspecified atom stereocenters. The van der Waals surface area contributed by atoms with Crippen molar-refractivity contribution < 1.29 is 0 Å². The van der Waals surface area contributed by atoms with Gasteiger partial charge in [0.05, 0.1) is 0 Å². The van der Waals surface area contributed by atoms with Crippen molar-refractivity contribution in [3.05, 3.63) is 41.0 Å². The maximum atomic E-state index is 2.31. The first-order chi connectivity index (χ1) is 6.09. The SMILES string of the molecule is Cc1ccc2c(c1)C=CCC2(C)C. The van der Waals surface area contributed by atoms with E-state index in [1.165, 1.54) is 16.7 Å². The Morgan fingerprint density at radius 2 is 2.00 bits per heavy atom. The van der Waals surface area contributed by atoms with E-state index in [1.54, 1.807) is 0 Å². The van der Waals surface area contributed by atoms with Gasteiger partial charge in [0.2, 0.25) is 0 Å². The third kappa shape index (κ3) is 1.41. The normalized spacial score (nSPS) is 18.4. The number of rotatable bonds is 0. The van der Waals surface area contributed by atoms with Crippen LogP contribution in [0.1, 0.15) is 37.0 Å². The van der Waals surface area contributed by atoms with Crippen molar-refractivity contribution in [1.29, 1.82) is 0 Å². The summed E-state index contributed by atoms with van der Waals surface area (Å²) in [5.41, 5.74) is 4.55. The minimum absolute atomic E-state index is 0.317. The predicted octanol–water partition coefficient (Wildman–Crippen LogP) is 3.69. The number of allylic oxidation sites excluding steroid dienone is 1. The second kappa shape index (κ2) is 2.73. The molecule has 0 fully saturated rings. The molecule has 1 aromatic rings. The van der Waals surface area contributed by atoms with Crippen LogP contribution in [0.15, 0.2) is 24.3 Å². The minimum Gasteiger partial charge on any atom is -0.0831 e. The van der Waals surface area contributed by atoms with E-state index in [9.17, 15) is 0 Å². The van der Waals surface area contributed by atoms with Crippen LogP contribution >= 0.6 is 0 Å². The van der Waals surface area contributed by atoms with Gasteiger partial charge in [0, 0.05) is 0 Å². The lowest BCUT2D eigenvalue weighted by molar-refractivity contribution is 0.529. The van der Waals surface area contributed by atoms with E-state index in [2.05, 4.69) is 51.1 Å². The summed E-state index contributed by atoms with van der Waals surface area (Å²) >= 11 is 0. The summed E-state index contributed by atoms with van der Waals surface area (Å²) in [5, 5.41) is 0. The van der Waals surface area contributed by atoms with Crippen LogP contribution in [0.4, 0.5) is 0 Å². The molecule has 1 aliphatic rings. The lowest BCUT2D eigenvalue weighted by Gasteiger charge is -2.29. The molecular formula is C13H16. The zero-order valence-corrected chi connectivity index (χ0v) is 8.59. The van der Waals surface area contributed by atoms with Crippen LogP contribution in [0.3, 0.4) is 0 Å². The highest BCUT2D eigenvalue weighted by Gasteiger charge is 2.23. The van der Waals surface area contributed by atoms with Crippen molar-refractivity contribution in [2.45, 2.75) is 32.6 Å². The fourth-order valence-electron chi connectivity index (χ4n) is 2.03. The number of hydrogen-bond acceptors (Lipinski definition) is 0. The zero-order chi connectivity index (χ0) is 9.47. The average Bonchev–Trinajstić information content (AvgIpc) is 2.02. The van der Waals surface area contributed by atoms with Gasteiger partial charge < -0.3 is 0 Å². The second-order valence-corrected chi connectivity index (χ2v) is 4.58. The van der Waals surface area contributed by atoms with Crippen LogP contribution in [0.25, 0.3) is 6.08 Å². The Kier molecular flexibility index (Phi) is 1.80. The lowest BCUT2D eigenvalue weighted by Crippen LogP contribution is -2.19. The monoisotopic (exact) mass is 172 g/mol. The first kappa shape index (κ1) is 8.55. The molecule has 0 radical (unpaired) electrons. The summed E-state index contributed by atoms with van der Waals surface area (Å²) in [6, 6.07) is 6.75. The molecule has 0 N–H and O–H groups in total. The lowest BCUT2D eigenvalue weighted by atomic mass is 9.75. The topological polar surface area (TPSA) is 0 Å². The van der Waals surface area contributed by atoms with E-state index in [0.717, 1.165) is 6.42 Å². The van der Waals surface area contributed by atoms with Gasteiger partial charge in [0.25, 0.3) is 0 Å². The largest absolute Gasteiger partial charge is 0.0831 e. The third-order valence-corrected chi connectivity index (χ3v) is 2.86. The highest BCUT2D eigenvalue weighted by molar-refractivity contribution is 5.59. The van der Waals surface area contributed by atoms with E-state index >= 15 is 0 Å². The standard InChI is InChI=1S/C13H16/c1-10-6-7-12-11(9-10)5-4-8-13(12,2)3/h4-7,9H,8H2,1-3H3. The van der Waals surface area contributed by atoms with Crippen molar-refractivity contribution in [3.63, 3.8) is 0 Å². The quantitative estimate of drug-likeness (QED) is 0.560. The molecule has 0 saturated heterocycles. The van der Waals surface area contributed by atoms with Crippen LogP contribution in [-0.2, 0) is 5.41 Å². The molecule has 68 valence electrons. The molecule has 0 heteroatoms. The minimum atomic E-state index is 0.317. The number of fused-ring (bicyclic) bond motifs is 1. The molecular weight excluding hydrogens is 156 g/mol. The summed E-state index contributed by atoms with van der Waals surface area (Å²) in [4.78, 5) is 0. The summed E-state index contributed by atoms with van der Waals surface area (Å²) < 4.78 is 0. The fraction of sp³-hybridized carbons (Fsp3) is 0.385. The second-order valence-electron chi connectivity index (χ2n) is 4.58. The molecule has 0 saturated carbocycles.